The van der Waals surface area contributed by atoms with Crippen molar-refractivity contribution in [3.8, 4) is 0 Å². The number of pyridine rings is 1. The van der Waals surface area contributed by atoms with Crippen LogP contribution in [-0.2, 0) is 0 Å². The van der Waals surface area contributed by atoms with Gasteiger partial charge in [-0.15, -0.1) is 0 Å². The zero-order chi connectivity index (χ0) is 14.4. The number of rotatable bonds is 5. The average Bonchev–Trinajstić information content (AvgIpc) is 2.48. The van der Waals surface area contributed by atoms with Crippen LogP contribution >= 0.6 is 0 Å². The van der Waals surface area contributed by atoms with Gasteiger partial charge in [-0.3, -0.25) is 9.59 Å². The van der Waals surface area contributed by atoms with Crippen molar-refractivity contribution in [2.24, 2.45) is 0 Å². The number of carbonyl (C=O) groups excluding carboxylic acids is 1. The molecule has 1 amide bonds. The molecule has 2 aromatic heterocycles. The number of aromatic nitrogens is 3. The van der Waals surface area contributed by atoms with Gasteiger partial charge in [0.15, 0.2) is 5.82 Å². The molecular formula is C13H15N5O2. The Labute approximate surface area is 115 Å². The lowest BCUT2D eigenvalue weighted by Gasteiger charge is -2.06. The smallest absolute Gasteiger partial charge is 0.275 e. The Morgan fingerprint density at radius 3 is 2.75 bits per heavy atom. The van der Waals surface area contributed by atoms with Gasteiger partial charge < -0.3 is 10.6 Å². The summed E-state index contributed by atoms with van der Waals surface area (Å²) in [5.41, 5.74) is 0.818. The number of carbonyl (C=O) groups is 1. The van der Waals surface area contributed by atoms with Gasteiger partial charge in [0.2, 0.25) is 0 Å². The fourth-order valence-corrected chi connectivity index (χ4v) is 1.50. The van der Waals surface area contributed by atoms with E-state index in [2.05, 4.69) is 32.7 Å². The highest BCUT2D eigenvalue weighted by Gasteiger charge is 2.08. The van der Waals surface area contributed by atoms with Crippen LogP contribution in [0.3, 0.4) is 0 Å². The Kier molecular flexibility index (Phi) is 4.43. The van der Waals surface area contributed by atoms with Crippen LogP contribution in [0.15, 0.2) is 35.3 Å². The van der Waals surface area contributed by atoms with Crippen molar-refractivity contribution in [1.29, 1.82) is 0 Å². The summed E-state index contributed by atoms with van der Waals surface area (Å²) in [6, 6.07) is 6.12. The molecule has 20 heavy (non-hydrogen) atoms. The fourth-order valence-electron chi connectivity index (χ4n) is 1.50. The Balaban J connectivity index is 2.01. The SMILES string of the molecule is CCCNc1ccc(C(=O)Nc2ccc(=O)[nH]n2)nc1. The number of H-pyrrole nitrogens is 1. The summed E-state index contributed by atoms with van der Waals surface area (Å²) in [6.07, 6.45) is 2.62. The van der Waals surface area contributed by atoms with E-state index in [9.17, 15) is 9.59 Å². The highest BCUT2D eigenvalue weighted by molar-refractivity contribution is 6.02. The molecule has 0 saturated carbocycles. The average molecular weight is 273 g/mol. The molecule has 0 saturated heterocycles. The van der Waals surface area contributed by atoms with E-state index in [1.165, 1.54) is 12.1 Å². The van der Waals surface area contributed by atoms with Crippen LogP contribution < -0.4 is 16.2 Å². The molecule has 0 aliphatic carbocycles. The fraction of sp³-hybridized carbons (Fsp3) is 0.231. The van der Waals surface area contributed by atoms with Gasteiger partial charge >= 0.3 is 0 Å². The molecule has 7 nitrogen and oxygen atoms in total. The molecule has 0 spiro atoms. The van der Waals surface area contributed by atoms with E-state index in [0.29, 0.717) is 0 Å². The van der Waals surface area contributed by atoms with E-state index in [1.807, 2.05) is 0 Å². The number of aromatic amines is 1. The van der Waals surface area contributed by atoms with E-state index in [1.54, 1.807) is 18.3 Å². The molecule has 2 heterocycles. The topological polar surface area (TPSA) is 99.8 Å². The molecule has 2 rings (SSSR count). The highest BCUT2D eigenvalue weighted by Crippen LogP contribution is 2.07. The van der Waals surface area contributed by atoms with Crippen LogP contribution in [0.1, 0.15) is 23.8 Å². The zero-order valence-electron chi connectivity index (χ0n) is 11.0. The quantitative estimate of drug-likeness (QED) is 0.761. The van der Waals surface area contributed by atoms with Gasteiger partial charge in [0.1, 0.15) is 5.69 Å². The number of hydrogen-bond acceptors (Lipinski definition) is 5. The summed E-state index contributed by atoms with van der Waals surface area (Å²) in [7, 11) is 0. The number of anilines is 2. The molecule has 0 bridgehead atoms. The third-order valence-corrected chi connectivity index (χ3v) is 2.50. The van der Waals surface area contributed by atoms with Gasteiger partial charge in [0, 0.05) is 12.6 Å². The van der Waals surface area contributed by atoms with E-state index >= 15 is 0 Å². The van der Waals surface area contributed by atoms with Gasteiger partial charge in [-0.2, -0.15) is 5.10 Å². The molecule has 0 aromatic carbocycles. The molecular weight excluding hydrogens is 258 g/mol. The number of hydrogen-bond donors (Lipinski definition) is 3. The second kappa shape index (κ2) is 6.46. The molecule has 2 aromatic rings. The minimum Gasteiger partial charge on any atom is -0.384 e. The predicted molar refractivity (Wildman–Crippen MR) is 75.8 cm³/mol. The third kappa shape index (κ3) is 3.64. The third-order valence-electron chi connectivity index (χ3n) is 2.50. The Morgan fingerprint density at radius 2 is 2.15 bits per heavy atom. The molecule has 104 valence electrons. The Morgan fingerprint density at radius 1 is 1.30 bits per heavy atom. The maximum Gasteiger partial charge on any atom is 0.275 e. The maximum atomic E-state index is 11.9. The standard InChI is InChI=1S/C13H15N5O2/c1-2-7-14-9-3-4-10(15-8-9)13(20)16-11-5-6-12(19)18-17-11/h3-6,8,14H,2,7H2,1H3,(H,18,19)(H,16,17,20). The molecule has 0 unspecified atom stereocenters. The summed E-state index contributed by atoms with van der Waals surface area (Å²) in [4.78, 5) is 26.8. The van der Waals surface area contributed by atoms with Crippen molar-refractivity contribution in [1.82, 2.24) is 15.2 Å². The van der Waals surface area contributed by atoms with Crippen LogP contribution in [0, 0.1) is 0 Å². The molecule has 0 aliphatic rings. The van der Waals surface area contributed by atoms with Gasteiger partial charge in [-0.1, -0.05) is 6.92 Å². The molecule has 0 atom stereocenters. The number of nitrogens with one attached hydrogen (secondary N) is 3. The van der Waals surface area contributed by atoms with Crippen LogP contribution in [0.2, 0.25) is 0 Å². The second-order valence-corrected chi connectivity index (χ2v) is 4.12. The highest BCUT2D eigenvalue weighted by atomic mass is 16.2. The molecule has 0 aliphatic heterocycles. The van der Waals surface area contributed by atoms with Gasteiger partial charge in [-0.25, -0.2) is 10.1 Å². The van der Waals surface area contributed by atoms with Crippen LogP contribution in [0.4, 0.5) is 11.5 Å². The van der Waals surface area contributed by atoms with Crippen molar-refractivity contribution >= 4 is 17.4 Å². The summed E-state index contributed by atoms with van der Waals surface area (Å²) in [5, 5.41) is 11.6. The lowest BCUT2D eigenvalue weighted by Crippen LogP contribution is -2.17. The van der Waals surface area contributed by atoms with Gasteiger partial charge in [-0.05, 0) is 24.6 Å². The first-order valence-corrected chi connectivity index (χ1v) is 6.26. The van der Waals surface area contributed by atoms with Crippen molar-refractivity contribution in [3.05, 3.63) is 46.5 Å². The Bertz CT molecular complexity index is 615. The van der Waals surface area contributed by atoms with E-state index in [-0.39, 0.29) is 23.0 Å². The normalized spacial score (nSPS) is 10.1. The van der Waals surface area contributed by atoms with Crippen LogP contribution in [0.25, 0.3) is 0 Å². The second-order valence-electron chi connectivity index (χ2n) is 4.12. The summed E-state index contributed by atoms with van der Waals surface area (Å²) in [6.45, 7) is 2.92. The molecule has 3 N–H and O–H groups in total. The lowest BCUT2D eigenvalue weighted by molar-refractivity contribution is 0.102. The molecule has 7 heteroatoms. The monoisotopic (exact) mass is 273 g/mol. The van der Waals surface area contributed by atoms with Gasteiger partial charge in [0.25, 0.3) is 11.5 Å². The summed E-state index contributed by atoms with van der Waals surface area (Å²) in [5.74, 6) is -0.115. The van der Waals surface area contributed by atoms with E-state index in [0.717, 1.165) is 18.7 Å². The molecule has 0 fully saturated rings. The predicted octanol–water partition coefficient (Wildman–Crippen LogP) is 1.24. The first kappa shape index (κ1) is 13.7. The summed E-state index contributed by atoms with van der Waals surface area (Å²) < 4.78 is 0. The number of nitrogens with zero attached hydrogens (tertiary/aromatic N) is 2. The van der Waals surface area contributed by atoms with Crippen molar-refractivity contribution in [2.45, 2.75) is 13.3 Å². The van der Waals surface area contributed by atoms with Crippen molar-refractivity contribution in [2.75, 3.05) is 17.2 Å². The molecule has 0 radical (unpaired) electrons. The summed E-state index contributed by atoms with van der Waals surface area (Å²) >= 11 is 0. The number of amides is 1. The minimum atomic E-state index is -0.383. The lowest BCUT2D eigenvalue weighted by atomic mass is 10.3. The van der Waals surface area contributed by atoms with Gasteiger partial charge in [0.05, 0.1) is 11.9 Å². The van der Waals surface area contributed by atoms with E-state index in [4.69, 9.17) is 0 Å². The van der Waals surface area contributed by atoms with Crippen LogP contribution in [0.5, 0.6) is 0 Å². The van der Waals surface area contributed by atoms with Crippen molar-refractivity contribution < 1.29 is 4.79 Å². The first-order valence-electron chi connectivity index (χ1n) is 6.26. The maximum absolute atomic E-state index is 11.9. The van der Waals surface area contributed by atoms with E-state index < -0.39 is 0 Å². The Hall–Kier alpha value is -2.70. The van der Waals surface area contributed by atoms with Crippen LogP contribution in [-0.4, -0.2) is 27.6 Å². The first-order chi connectivity index (χ1) is 9.69. The zero-order valence-corrected chi connectivity index (χ0v) is 11.0. The largest absolute Gasteiger partial charge is 0.384 e. The van der Waals surface area contributed by atoms with Crippen molar-refractivity contribution in [3.63, 3.8) is 0 Å². The minimum absolute atomic E-state index is 0.268.